The molecule has 0 heterocycles. The summed E-state index contributed by atoms with van der Waals surface area (Å²) in [7, 11) is 3.04. The van der Waals surface area contributed by atoms with Gasteiger partial charge in [0.2, 0.25) is 0 Å². The van der Waals surface area contributed by atoms with E-state index in [-0.39, 0.29) is 11.5 Å². The SMILES string of the molecule is CNC(=O)c1ccccc1Sc1ccc(OC)cc1C(=O)O. The van der Waals surface area contributed by atoms with Gasteiger partial charge in [0.05, 0.1) is 18.2 Å². The molecule has 6 heteroatoms. The molecule has 0 fully saturated rings. The summed E-state index contributed by atoms with van der Waals surface area (Å²) in [5.74, 6) is -0.784. The van der Waals surface area contributed by atoms with Crippen LogP contribution in [0.4, 0.5) is 0 Å². The van der Waals surface area contributed by atoms with E-state index in [2.05, 4.69) is 5.32 Å². The monoisotopic (exact) mass is 317 g/mol. The van der Waals surface area contributed by atoms with Crippen LogP contribution in [0.25, 0.3) is 0 Å². The fraction of sp³-hybridized carbons (Fsp3) is 0.125. The van der Waals surface area contributed by atoms with Crippen molar-refractivity contribution in [2.45, 2.75) is 9.79 Å². The van der Waals surface area contributed by atoms with Gasteiger partial charge < -0.3 is 15.2 Å². The molecule has 0 aliphatic rings. The summed E-state index contributed by atoms with van der Waals surface area (Å²) in [5, 5.41) is 11.9. The van der Waals surface area contributed by atoms with Gasteiger partial charge in [0.25, 0.3) is 5.91 Å². The van der Waals surface area contributed by atoms with E-state index in [0.29, 0.717) is 21.1 Å². The van der Waals surface area contributed by atoms with Crippen molar-refractivity contribution in [2.75, 3.05) is 14.2 Å². The molecule has 0 bridgehead atoms. The highest BCUT2D eigenvalue weighted by atomic mass is 32.2. The zero-order valence-corrected chi connectivity index (χ0v) is 12.9. The lowest BCUT2D eigenvalue weighted by molar-refractivity contribution is 0.0692. The third-order valence-corrected chi connectivity index (χ3v) is 4.15. The maximum Gasteiger partial charge on any atom is 0.336 e. The van der Waals surface area contributed by atoms with E-state index in [0.717, 1.165) is 0 Å². The fourth-order valence-electron chi connectivity index (χ4n) is 1.89. The molecule has 5 nitrogen and oxygen atoms in total. The Bertz CT molecular complexity index is 715. The number of hydrogen-bond donors (Lipinski definition) is 2. The quantitative estimate of drug-likeness (QED) is 0.887. The van der Waals surface area contributed by atoms with Crippen molar-refractivity contribution in [3.8, 4) is 5.75 Å². The van der Waals surface area contributed by atoms with Gasteiger partial charge >= 0.3 is 5.97 Å². The van der Waals surface area contributed by atoms with Crippen molar-refractivity contribution in [1.82, 2.24) is 5.32 Å². The highest BCUT2D eigenvalue weighted by molar-refractivity contribution is 7.99. The molecule has 0 aromatic heterocycles. The first-order valence-corrected chi connectivity index (χ1v) is 7.28. The molecule has 0 aliphatic heterocycles. The molecule has 1 amide bonds. The molecule has 0 saturated heterocycles. The number of nitrogens with one attached hydrogen (secondary N) is 1. The molecular weight excluding hydrogens is 302 g/mol. The summed E-state index contributed by atoms with van der Waals surface area (Å²) in [6.45, 7) is 0. The Morgan fingerprint density at radius 1 is 1.09 bits per heavy atom. The van der Waals surface area contributed by atoms with Crippen molar-refractivity contribution >= 4 is 23.6 Å². The van der Waals surface area contributed by atoms with Crippen molar-refractivity contribution in [3.05, 3.63) is 53.6 Å². The van der Waals surface area contributed by atoms with Crippen LogP contribution in [0.1, 0.15) is 20.7 Å². The zero-order chi connectivity index (χ0) is 16.1. The Hall–Kier alpha value is -2.47. The number of rotatable bonds is 5. The van der Waals surface area contributed by atoms with Crippen LogP contribution in [0.5, 0.6) is 5.75 Å². The number of carboxylic acid groups (broad SMARTS) is 1. The second kappa shape index (κ2) is 7.00. The van der Waals surface area contributed by atoms with Crippen LogP contribution in [0.3, 0.4) is 0 Å². The Morgan fingerprint density at radius 3 is 2.41 bits per heavy atom. The van der Waals surface area contributed by atoms with Crippen LogP contribution < -0.4 is 10.1 Å². The second-order valence-electron chi connectivity index (χ2n) is 4.34. The van der Waals surface area contributed by atoms with Crippen molar-refractivity contribution < 1.29 is 19.4 Å². The molecule has 0 radical (unpaired) electrons. The van der Waals surface area contributed by atoms with Gasteiger partial charge in [-0.25, -0.2) is 4.79 Å². The van der Waals surface area contributed by atoms with E-state index in [4.69, 9.17) is 4.74 Å². The average molecular weight is 317 g/mol. The van der Waals surface area contributed by atoms with Crippen molar-refractivity contribution in [1.29, 1.82) is 0 Å². The van der Waals surface area contributed by atoms with E-state index in [1.54, 1.807) is 43.4 Å². The number of carboxylic acids is 1. The Balaban J connectivity index is 2.43. The summed E-state index contributed by atoms with van der Waals surface area (Å²) in [4.78, 5) is 24.5. The van der Waals surface area contributed by atoms with E-state index >= 15 is 0 Å². The van der Waals surface area contributed by atoms with Crippen LogP contribution in [-0.2, 0) is 0 Å². The topological polar surface area (TPSA) is 75.6 Å². The number of benzene rings is 2. The first kappa shape index (κ1) is 15.9. The summed E-state index contributed by atoms with van der Waals surface area (Å²) >= 11 is 1.23. The van der Waals surface area contributed by atoms with E-state index < -0.39 is 5.97 Å². The van der Waals surface area contributed by atoms with Gasteiger partial charge in [-0.15, -0.1) is 0 Å². The minimum absolute atomic E-state index is 0.135. The molecule has 114 valence electrons. The number of carbonyl (C=O) groups excluding carboxylic acids is 1. The normalized spacial score (nSPS) is 10.1. The summed E-state index contributed by atoms with van der Waals surface area (Å²) in [6, 6.07) is 11.9. The third-order valence-electron chi connectivity index (χ3n) is 3.00. The molecular formula is C16H15NO4S. The molecule has 2 aromatic carbocycles. The van der Waals surface area contributed by atoms with Crippen molar-refractivity contribution in [2.24, 2.45) is 0 Å². The molecule has 0 aliphatic carbocycles. The van der Waals surface area contributed by atoms with E-state index in [1.807, 2.05) is 0 Å². The zero-order valence-electron chi connectivity index (χ0n) is 12.1. The molecule has 22 heavy (non-hydrogen) atoms. The summed E-state index contributed by atoms with van der Waals surface area (Å²) in [5.41, 5.74) is 0.637. The predicted molar refractivity (Wildman–Crippen MR) is 83.9 cm³/mol. The number of ether oxygens (including phenoxy) is 1. The first-order valence-electron chi connectivity index (χ1n) is 6.47. The standard InChI is InChI=1S/C16H15NO4S/c1-17-15(18)11-5-3-4-6-13(11)22-14-8-7-10(21-2)9-12(14)16(19)20/h3-9H,1-2H3,(H,17,18)(H,19,20). The summed E-state index contributed by atoms with van der Waals surface area (Å²) in [6.07, 6.45) is 0. The molecule has 0 atom stereocenters. The van der Waals surface area contributed by atoms with Crippen LogP contribution in [0.2, 0.25) is 0 Å². The maximum absolute atomic E-state index is 11.9. The van der Waals surface area contributed by atoms with Gasteiger partial charge in [-0.1, -0.05) is 23.9 Å². The largest absolute Gasteiger partial charge is 0.497 e. The molecule has 2 rings (SSSR count). The van der Waals surface area contributed by atoms with Gasteiger partial charge in [0.1, 0.15) is 5.75 Å². The molecule has 0 spiro atoms. The van der Waals surface area contributed by atoms with Crippen LogP contribution in [0, 0.1) is 0 Å². The number of aromatic carboxylic acids is 1. The van der Waals surface area contributed by atoms with E-state index in [9.17, 15) is 14.7 Å². The van der Waals surface area contributed by atoms with Gasteiger partial charge in [-0.3, -0.25) is 4.79 Å². The summed E-state index contributed by atoms with van der Waals surface area (Å²) < 4.78 is 5.05. The van der Waals surface area contributed by atoms with Crippen LogP contribution in [-0.4, -0.2) is 31.1 Å². The van der Waals surface area contributed by atoms with E-state index in [1.165, 1.54) is 24.9 Å². The fourth-order valence-corrected chi connectivity index (χ4v) is 2.94. The molecule has 0 unspecified atom stereocenters. The lowest BCUT2D eigenvalue weighted by Crippen LogP contribution is -2.18. The first-order chi connectivity index (χ1) is 10.6. The Labute approximate surface area is 132 Å². The minimum atomic E-state index is -1.04. The van der Waals surface area contributed by atoms with Crippen LogP contribution >= 0.6 is 11.8 Å². The number of carbonyl (C=O) groups is 2. The lowest BCUT2D eigenvalue weighted by Gasteiger charge is -2.11. The number of methoxy groups -OCH3 is 1. The molecule has 0 saturated carbocycles. The predicted octanol–water partition coefficient (Wildman–Crippen LogP) is 2.90. The van der Waals surface area contributed by atoms with Crippen molar-refractivity contribution in [3.63, 3.8) is 0 Å². The third kappa shape index (κ3) is 3.40. The molecule has 2 N–H and O–H groups in total. The second-order valence-corrected chi connectivity index (χ2v) is 5.43. The highest BCUT2D eigenvalue weighted by Gasteiger charge is 2.16. The molecule has 2 aromatic rings. The Kier molecular flexibility index (Phi) is 5.06. The highest BCUT2D eigenvalue weighted by Crippen LogP contribution is 2.34. The van der Waals surface area contributed by atoms with Gasteiger partial charge in [0, 0.05) is 16.8 Å². The minimum Gasteiger partial charge on any atom is -0.497 e. The van der Waals surface area contributed by atoms with Gasteiger partial charge in [0.15, 0.2) is 0 Å². The van der Waals surface area contributed by atoms with Gasteiger partial charge in [-0.05, 0) is 30.3 Å². The maximum atomic E-state index is 11.9. The van der Waals surface area contributed by atoms with Crippen LogP contribution in [0.15, 0.2) is 52.3 Å². The average Bonchev–Trinajstić information content (AvgIpc) is 2.54. The van der Waals surface area contributed by atoms with Gasteiger partial charge in [-0.2, -0.15) is 0 Å². The smallest absolute Gasteiger partial charge is 0.336 e. The Morgan fingerprint density at radius 2 is 1.77 bits per heavy atom. The number of hydrogen-bond acceptors (Lipinski definition) is 4. The number of amides is 1. The lowest BCUT2D eigenvalue weighted by atomic mass is 10.2.